The van der Waals surface area contributed by atoms with Crippen LogP contribution in [0.4, 0.5) is 10.5 Å². The smallest absolute Gasteiger partial charge is 0.495 e. The summed E-state index contributed by atoms with van der Waals surface area (Å²) in [6.45, 7) is 1.97. The van der Waals surface area contributed by atoms with Crippen molar-refractivity contribution in [1.29, 1.82) is 5.26 Å². The number of nitrogens with one attached hydrogen (secondary N) is 1. The molecule has 0 aliphatic heterocycles. The second kappa shape index (κ2) is 13.0. The number of hydrogen-bond donors (Lipinski definition) is 1. The van der Waals surface area contributed by atoms with E-state index in [1.54, 1.807) is 37.3 Å². The van der Waals surface area contributed by atoms with Gasteiger partial charge in [-0.25, -0.2) is 9.78 Å². The van der Waals surface area contributed by atoms with E-state index in [-0.39, 0.29) is 31.3 Å². The Labute approximate surface area is 239 Å². The van der Waals surface area contributed by atoms with E-state index in [1.807, 2.05) is 0 Å². The molecule has 3 aromatic heterocycles. The zero-order valence-electron chi connectivity index (χ0n) is 22.4. The molecule has 0 fully saturated rings. The fraction of sp³-hybridized carbons (Fsp3) is 0.250. The van der Waals surface area contributed by atoms with Crippen molar-refractivity contribution in [3.63, 3.8) is 0 Å². The number of anilines is 1. The second-order valence-corrected chi connectivity index (χ2v) is 9.05. The van der Waals surface area contributed by atoms with Crippen LogP contribution in [0.1, 0.15) is 24.9 Å². The fourth-order valence-electron chi connectivity index (χ4n) is 4.17. The molecule has 0 bridgehead atoms. The average Bonchev–Trinajstić information content (AvgIpc) is 3.35. The summed E-state index contributed by atoms with van der Waals surface area (Å²) in [5, 5.41) is 12.8. The van der Waals surface area contributed by atoms with Gasteiger partial charge in [-0.3, -0.25) is 18.6 Å². The minimum atomic E-state index is -0.992. The first kappa shape index (κ1) is 29.1. The van der Waals surface area contributed by atoms with Crippen LogP contribution in [0, 0.1) is 11.3 Å². The Morgan fingerprint density at radius 2 is 1.95 bits per heavy atom. The van der Waals surface area contributed by atoms with Crippen LogP contribution in [0.25, 0.3) is 16.8 Å². The zero-order valence-corrected chi connectivity index (χ0v) is 23.2. The summed E-state index contributed by atoms with van der Waals surface area (Å²) >= 11 is 6.16. The molecule has 41 heavy (non-hydrogen) atoms. The molecule has 0 aliphatic rings. The van der Waals surface area contributed by atoms with Crippen LogP contribution in [0.3, 0.4) is 0 Å². The number of carbonyl (C=O) groups is 2. The molecule has 0 aliphatic carbocycles. The molecule has 12 nitrogen and oxygen atoms in total. The summed E-state index contributed by atoms with van der Waals surface area (Å²) in [5.74, 6) is -0.147. The van der Waals surface area contributed by atoms with E-state index < -0.39 is 23.7 Å². The number of imidazole rings is 1. The van der Waals surface area contributed by atoms with Gasteiger partial charge in [-0.1, -0.05) is 11.6 Å². The lowest BCUT2D eigenvalue weighted by Gasteiger charge is -2.21. The number of halogens is 1. The van der Waals surface area contributed by atoms with E-state index in [4.69, 9.17) is 30.5 Å². The normalized spacial score (nSPS) is 11.5. The number of fused-ring (bicyclic) bond motifs is 1. The molecule has 1 unspecified atom stereocenters. The van der Waals surface area contributed by atoms with Gasteiger partial charge in [-0.05, 0) is 37.3 Å². The Morgan fingerprint density at radius 1 is 1.15 bits per heavy atom. The Hall–Kier alpha value is -4.86. The zero-order chi connectivity index (χ0) is 29.5. The topological polar surface area (TPSA) is 146 Å². The number of nitriles is 1. The molecule has 0 saturated heterocycles. The highest BCUT2D eigenvalue weighted by atomic mass is 35.5. The van der Waals surface area contributed by atoms with Crippen molar-refractivity contribution in [3.8, 4) is 28.8 Å². The fourth-order valence-corrected chi connectivity index (χ4v) is 4.35. The first-order valence-electron chi connectivity index (χ1n) is 12.4. The van der Waals surface area contributed by atoms with Crippen LogP contribution < -0.4 is 20.3 Å². The Balaban J connectivity index is 1.69. The van der Waals surface area contributed by atoms with Crippen LogP contribution in [-0.2, 0) is 14.3 Å². The van der Waals surface area contributed by atoms with E-state index in [2.05, 4.69) is 16.4 Å². The number of methoxy groups -OCH3 is 2. The third-order valence-corrected chi connectivity index (χ3v) is 6.31. The standard InChI is InChI=1S/C28H26ClN5O7/c1-4-40-28(37)41-26-14-31-24-8-7-19(15-34(24)26)32-27(36)22(9-10-38-2)33-16-23(39-3)21(12-25(33)35)20-11-18(29)6-5-17(20)13-30/h5-8,11-12,14-16,22H,4,9-10H2,1-3H3,(H,32,36). The van der Waals surface area contributed by atoms with Crippen LogP contribution in [0.5, 0.6) is 11.6 Å². The number of nitrogens with zero attached hydrogens (tertiary/aromatic N) is 4. The molecule has 1 aromatic carbocycles. The van der Waals surface area contributed by atoms with Gasteiger partial charge in [-0.2, -0.15) is 5.26 Å². The van der Waals surface area contributed by atoms with Crippen LogP contribution in [0.15, 0.2) is 59.8 Å². The summed E-state index contributed by atoms with van der Waals surface area (Å²) in [5.41, 5.74) is 1.40. The lowest BCUT2D eigenvalue weighted by atomic mass is 10.00. The SMILES string of the molecule is CCOC(=O)Oc1cnc2ccc(NC(=O)C(CCOC)n3cc(OC)c(-c4cc(Cl)ccc4C#N)cc3=O)cn12. The molecular formula is C28H26ClN5O7. The molecule has 4 rings (SSSR count). The van der Waals surface area contributed by atoms with Gasteiger partial charge < -0.3 is 24.3 Å². The van der Waals surface area contributed by atoms with Crippen molar-refractivity contribution < 1.29 is 28.5 Å². The quantitative estimate of drug-likeness (QED) is 0.269. The van der Waals surface area contributed by atoms with Gasteiger partial charge in [-0.15, -0.1) is 0 Å². The molecule has 1 N–H and O–H groups in total. The Morgan fingerprint density at radius 3 is 2.66 bits per heavy atom. The maximum Gasteiger partial charge on any atom is 0.515 e. The maximum absolute atomic E-state index is 13.5. The van der Waals surface area contributed by atoms with Gasteiger partial charge in [0.2, 0.25) is 11.8 Å². The lowest BCUT2D eigenvalue weighted by molar-refractivity contribution is -0.119. The number of rotatable bonds is 10. The van der Waals surface area contributed by atoms with Gasteiger partial charge in [0.05, 0.1) is 43.4 Å². The maximum atomic E-state index is 13.5. The highest BCUT2D eigenvalue weighted by molar-refractivity contribution is 6.31. The number of benzene rings is 1. The summed E-state index contributed by atoms with van der Waals surface area (Å²) < 4.78 is 23.5. The van der Waals surface area contributed by atoms with Gasteiger partial charge in [0, 0.05) is 48.6 Å². The van der Waals surface area contributed by atoms with Gasteiger partial charge >= 0.3 is 6.16 Å². The molecule has 0 spiro atoms. The molecule has 1 atom stereocenters. The summed E-state index contributed by atoms with van der Waals surface area (Å²) in [6, 6.07) is 10.3. The largest absolute Gasteiger partial charge is 0.515 e. The van der Waals surface area contributed by atoms with E-state index in [0.717, 1.165) is 0 Å². The molecular weight excluding hydrogens is 554 g/mol. The van der Waals surface area contributed by atoms with Crippen molar-refractivity contribution in [2.45, 2.75) is 19.4 Å². The van der Waals surface area contributed by atoms with E-state index in [0.29, 0.717) is 33.0 Å². The number of hydrogen-bond acceptors (Lipinski definition) is 9. The van der Waals surface area contributed by atoms with Crippen molar-refractivity contribution in [2.75, 3.05) is 32.8 Å². The Bertz CT molecular complexity index is 1690. The number of pyridine rings is 2. The molecule has 4 aromatic rings. The second-order valence-electron chi connectivity index (χ2n) is 8.62. The van der Waals surface area contributed by atoms with Gasteiger partial charge in [0.25, 0.3) is 5.56 Å². The first-order chi connectivity index (χ1) is 19.8. The van der Waals surface area contributed by atoms with E-state index >= 15 is 0 Å². The average molecular weight is 580 g/mol. The predicted octanol–water partition coefficient (Wildman–Crippen LogP) is 4.45. The molecule has 0 radical (unpaired) electrons. The van der Waals surface area contributed by atoms with Crippen LogP contribution in [0.2, 0.25) is 5.02 Å². The number of amides is 1. The third kappa shape index (κ3) is 6.49. The van der Waals surface area contributed by atoms with Crippen LogP contribution >= 0.6 is 11.6 Å². The third-order valence-electron chi connectivity index (χ3n) is 6.08. The molecule has 13 heteroatoms. The highest BCUT2D eigenvalue weighted by Crippen LogP contribution is 2.33. The lowest BCUT2D eigenvalue weighted by Crippen LogP contribution is -2.34. The summed E-state index contributed by atoms with van der Waals surface area (Å²) in [4.78, 5) is 42.9. The van der Waals surface area contributed by atoms with Crippen molar-refractivity contribution in [1.82, 2.24) is 14.0 Å². The summed E-state index contributed by atoms with van der Waals surface area (Å²) in [7, 11) is 2.91. The minimum Gasteiger partial charge on any atom is -0.495 e. The molecule has 1 amide bonds. The Kier molecular flexibility index (Phi) is 9.23. The highest BCUT2D eigenvalue weighted by Gasteiger charge is 2.24. The summed E-state index contributed by atoms with van der Waals surface area (Å²) in [6.07, 6.45) is 3.57. The van der Waals surface area contributed by atoms with Gasteiger partial charge in [0.1, 0.15) is 17.4 Å². The van der Waals surface area contributed by atoms with Gasteiger partial charge in [0.15, 0.2) is 0 Å². The van der Waals surface area contributed by atoms with Crippen molar-refractivity contribution >= 4 is 35.0 Å². The minimum absolute atomic E-state index is 0.0970. The number of aromatic nitrogens is 3. The molecule has 212 valence electrons. The monoisotopic (exact) mass is 579 g/mol. The number of carbonyl (C=O) groups excluding carboxylic acids is 2. The first-order valence-corrected chi connectivity index (χ1v) is 12.8. The van der Waals surface area contributed by atoms with Crippen LogP contribution in [-0.4, -0.2) is 53.4 Å². The molecule has 0 saturated carbocycles. The molecule has 3 heterocycles. The van der Waals surface area contributed by atoms with Crippen molar-refractivity contribution in [3.05, 3.63) is 75.9 Å². The predicted molar refractivity (Wildman–Crippen MR) is 149 cm³/mol. The number of ether oxygens (including phenoxy) is 4. The van der Waals surface area contributed by atoms with Crippen molar-refractivity contribution in [2.24, 2.45) is 0 Å². The van der Waals surface area contributed by atoms with E-state index in [1.165, 1.54) is 47.8 Å². The van der Waals surface area contributed by atoms with E-state index in [9.17, 15) is 19.6 Å².